The number of nitrogens with one attached hydrogen (secondary N) is 3. The maximum Gasteiger partial charge on any atom is 0.189 e. The molecule has 1 aromatic heterocycles. The Hall–Kier alpha value is -3.19. The number of ether oxygens (including phenoxy) is 1. The third-order valence-corrected chi connectivity index (χ3v) is 3.59. The second kappa shape index (κ2) is 8.07. The molecule has 0 fully saturated rings. The minimum atomic E-state index is 0.416. The highest BCUT2D eigenvalue weighted by atomic mass is 32.1. The molecule has 0 aliphatic rings. The molecule has 0 aliphatic heterocycles. The van der Waals surface area contributed by atoms with Crippen molar-refractivity contribution in [2.24, 2.45) is 0 Å². The van der Waals surface area contributed by atoms with Crippen molar-refractivity contribution in [1.29, 1.82) is 0 Å². The number of hydrogen-bond donors (Lipinski definition) is 3. The summed E-state index contributed by atoms with van der Waals surface area (Å²) in [6, 6.07) is 21.1. The van der Waals surface area contributed by atoms with Crippen molar-refractivity contribution in [1.82, 2.24) is 15.6 Å². The Bertz CT molecular complexity index is 822. The third kappa shape index (κ3) is 4.65. The van der Waals surface area contributed by atoms with Crippen LogP contribution in [0.3, 0.4) is 0 Å². The van der Waals surface area contributed by atoms with Gasteiger partial charge in [-0.2, -0.15) is 0 Å². The summed E-state index contributed by atoms with van der Waals surface area (Å²) in [5.41, 5.74) is 8.47. The Kier molecular flexibility index (Phi) is 5.38. The highest BCUT2D eigenvalue weighted by molar-refractivity contribution is 7.80. The molecule has 0 amide bonds. The lowest BCUT2D eigenvalue weighted by atomic mass is 10.1. The second-order valence-electron chi connectivity index (χ2n) is 5.10. The van der Waals surface area contributed by atoms with E-state index in [0.717, 1.165) is 22.7 Å². The lowest BCUT2D eigenvalue weighted by molar-refractivity contribution is 0.415. The third-order valence-electron chi connectivity index (χ3n) is 3.39. The summed E-state index contributed by atoms with van der Waals surface area (Å²) >= 11 is 5.23. The molecule has 25 heavy (non-hydrogen) atoms. The van der Waals surface area contributed by atoms with Crippen LogP contribution in [0.25, 0.3) is 11.3 Å². The predicted molar refractivity (Wildman–Crippen MR) is 103 cm³/mol. The van der Waals surface area contributed by atoms with E-state index in [1.165, 1.54) is 0 Å². The van der Waals surface area contributed by atoms with Gasteiger partial charge in [-0.15, -0.1) is 10.2 Å². The fourth-order valence-electron chi connectivity index (χ4n) is 2.12. The monoisotopic (exact) mass is 351 g/mol. The minimum absolute atomic E-state index is 0.416. The number of hydrogen-bond acceptors (Lipinski definition) is 5. The number of rotatable bonds is 5. The van der Waals surface area contributed by atoms with Crippen LogP contribution in [-0.2, 0) is 0 Å². The first kappa shape index (κ1) is 16.7. The minimum Gasteiger partial charge on any atom is -0.497 e. The lowest BCUT2D eigenvalue weighted by Crippen LogP contribution is -2.33. The number of benzene rings is 2. The van der Waals surface area contributed by atoms with Crippen LogP contribution in [0.1, 0.15) is 0 Å². The van der Waals surface area contributed by atoms with Crippen molar-refractivity contribution < 1.29 is 4.74 Å². The summed E-state index contributed by atoms with van der Waals surface area (Å²) in [5.74, 6) is 1.36. The van der Waals surface area contributed by atoms with E-state index in [1.54, 1.807) is 7.11 Å². The maximum atomic E-state index is 5.23. The maximum absolute atomic E-state index is 5.23. The van der Waals surface area contributed by atoms with E-state index in [0.29, 0.717) is 10.9 Å². The Morgan fingerprint density at radius 3 is 2.32 bits per heavy atom. The van der Waals surface area contributed by atoms with E-state index in [9.17, 15) is 0 Å². The topological polar surface area (TPSA) is 71.1 Å². The Labute approximate surface area is 151 Å². The molecule has 0 unspecified atom stereocenters. The van der Waals surface area contributed by atoms with Gasteiger partial charge in [-0.05, 0) is 48.6 Å². The summed E-state index contributed by atoms with van der Waals surface area (Å²) < 4.78 is 5.12. The van der Waals surface area contributed by atoms with E-state index < -0.39 is 0 Å². The predicted octanol–water partition coefficient (Wildman–Crippen LogP) is 3.47. The molecule has 3 N–H and O–H groups in total. The van der Waals surface area contributed by atoms with E-state index in [1.807, 2.05) is 66.7 Å². The van der Waals surface area contributed by atoms with Gasteiger partial charge in [-0.3, -0.25) is 10.9 Å². The van der Waals surface area contributed by atoms with Gasteiger partial charge in [-0.25, -0.2) is 0 Å². The number of methoxy groups -OCH3 is 1. The number of hydrazine groups is 1. The molecule has 6 nitrogen and oxygen atoms in total. The first-order valence-electron chi connectivity index (χ1n) is 7.61. The summed E-state index contributed by atoms with van der Waals surface area (Å²) in [6.07, 6.45) is 0. The van der Waals surface area contributed by atoms with Crippen molar-refractivity contribution in [2.45, 2.75) is 0 Å². The quantitative estimate of drug-likeness (QED) is 0.480. The normalized spacial score (nSPS) is 9.96. The summed E-state index contributed by atoms with van der Waals surface area (Å²) in [4.78, 5) is 0. The van der Waals surface area contributed by atoms with E-state index >= 15 is 0 Å². The van der Waals surface area contributed by atoms with Crippen LogP contribution in [0.4, 0.5) is 11.5 Å². The Morgan fingerprint density at radius 1 is 0.920 bits per heavy atom. The zero-order valence-electron chi connectivity index (χ0n) is 13.6. The molecule has 0 saturated heterocycles. The van der Waals surface area contributed by atoms with Gasteiger partial charge in [0.1, 0.15) is 5.75 Å². The van der Waals surface area contributed by atoms with Gasteiger partial charge < -0.3 is 10.1 Å². The molecule has 0 atom stereocenters. The van der Waals surface area contributed by atoms with Crippen LogP contribution in [-0.4, -0.2) is 22.4 Å². The molecule has 0 radical (unpaired) electrons. The lowest BCUT2D eigenvalue weighted by Gasteiger charge is -2.12. The van der Waals surface area contributed by atoms with Crippen molar-refractivity contribution in [3.8, 4) is 17.0 Å². The van der Waals surface area contributed by atoms with Crippen molar-refractivity contribution in [3.63, 3.8) is 0 Å². The largest absolute Gasteiger partial charge is 0.497 e. The molecular weight excluding hydrogens is 334 g/mol. The van der Waals surface area contributed by atoms with Crippen LogP contribution in [0.2, 0.25) is 0 Å². The molecule has 0 bridgehead atoms. The molecule has 3 rings (SSSR count). The number of thiocarbonyl (C=S) groups is 1. The highest BCUT2D eigenvalue weighted by Crippen LogP contribution is 2.16. The molecule has 0 spiro atoms. The van der Waals surface area contributed by atoms with Crippen LogP contribution in [0.5, 0.6) is 5.75 Å². The summed E-state index contributed by atoms with van der Waals surface area (Å²) in [7, 11) is 1.63. The van der Waals surface area contributed by atoms with Gasteiger partial charge in [-0.1, -0.05) is 30.3 Å². The van der Waals surface area contributed by atoms with E-state index in [-0.39, 0.29) is 0 Å². The average molecular weight is 351 g/mol. The van der Waals surface area contributed by atoms with Crippen LogP contribution in [0.15, 0.2) is 66.7 Å². The zero-order chi connectivity index (χ0) is 17.5. The second-order valence-corrected chi connectivity index (χ2v) is 5.51. The number of anilines is 2. The molecule has 7 heteroatoms. The highest BCUT2D eigenvalue weighted by Gasteiger charge is 2.02. The van der Waals surface area contributed by atoms with Gasteiger partial charge >= 0.3 is 0 Å². The average Bonchev–Trinajstić information content (AvgIpc) is 2.68. The van der Waals surface area contributed by atoms with Crippen LogP contribution >= 0.6 is 12.2 Å². The molecule has 0 saturated carbocycles. The zero-order valence-corrected chi connectivity index (χ0v) is 14.4. The van der Waals surface area contributed by atoms with Gasteiger partial charge in [0, 0.05) is 11.3 Å². The van der Waals surface area contributed by atoms with Gasteiger partial charge in [0.2, 0.25) is 0 Å². The molecule has 2 aromatic carbocycles. The summed E-state index contributed by atoms with van der Waals surface area (Å²) in [6.45, 7) is 0. The fraction of sp³-hybridized carbons (Fsp3) is 0.0556. The first-order chi connectivity index (χ1) is 12.2. The molecule has 3 aromatic rings. The summed E-state index contributed by atoms with van der Waals surface area (Å²) in [5, 5.41) is 11.8. The molecule has 0 aliphatic carbocycles. The van der Waals surface area contributed by atoms with Gasteiger partial charge in [0.05, 0.1) is 12.8 Å². The molecule has 1 heterocycles. The van der Waals surface area contributed by atoms with E-state index in [2.05, 4.69) is 26.4 Å². The van der Waals surface area contributed by atoms with Crippen LogP contribution in [0, 0.1) is 0 Å². The van der Waals surface area contributed by atoms with Crippen molar-refractivity contribution >= 4 is 28.8 Å². The van der Waals surface area contributed by atoms with Gasteiger partial charge in [0.25, 0.3) is 0 Å². The number of nitrogens with zero attached hydrogens (tertiary/aromatic N) is 2. The van der Waals surface area contributed by atoms with E-state index in [4.69, 9.17) is 17.0 Å². The van der Waals surface area contributed by atoms with Gasteiger partial charge in [0.15, 0.2) is 10.9 Å². The smallest absolute Gasteiger partial charge is 0.189 e. The van der Waals surface area contributed by atoms with Crippen molar-refractivity contribution in [2.75, 3.05) is 17.9 Å². The standard InChI is InChI=1S/C18H17N5OS/c1-24-15-9-7-14(8-10-15)19-18(25)23-22-17-12-11-16(20-21-17)13-5-3-2-4-6-13/h2-12H,1H3,(H,21,22)(H2,19,23,25). The van der Waals surface area contributed by atoms with Crippen molar-refractivity contribution in [3.05, 3.63) is 66.7 Å². The Morgan fingerprint density at radius 2 is 1.68 bits per heavy atom. The Balaban J connectivity index is 1.53. The SMILES string of the molecule is COc1ccc(NC(=S)NNc2ccc(-c3ccccc3)nn2)cc1. The fourth-order valence-corrected chi connectivity index (χ4v) is 2.29. The van der Waals surface area contributed by atoms with Crippen LogP contribution < -0.4 is 20.9 Å². The molecule has 126 valence electrons. The first-order valence-corrected chi connectivity index (χ1v) is 8.01. The number of aromatic nitrogens is 2. The molecular formula is C18H17N5OS.